The Morgan fingerprint density at radius 2 is 2.04 bits per heavy atom. The van der Waals surface area contributed by atoms with Gasteiger partial charge in [0.2, 0.25) is 0 Å². The minimum Gasteiger partial charge on any atom is -0.465 e. The van der Waals surface area contributed by atoms with Crippen LogP contribution in [0.3, 0.4) is 0 Å². The first-order valence-corrected chi connectivity index (χ1v) is 10.5. The van der Waals surface area contributed by atoms with Crippen molar-refractivity contribution in [1.82, 2.24) is 4.37 Å². The summed E-state index contributed by atoms with van der Waals surface area (Å²) in [7, 11) is 3.76. The van der Waals surface area contributed by atoms with Gasteiger partial charge in [-0.25, -0.2) is 14.6 Å². The highest BCUT2D eigenvalue weighted by atomic mass is 79.9. The molecule has 0 aliphatic rings. The molecule has 1 N–H and O–H groups in total. The molecule has 140 valence electrons. The van der Waals surface area contributed by atoms with Gasteiger partial charge in [-0.05, 0) is 59.2 Å². The smallest absolute Gasteiger partial charge is 0.412 e. The van der Waals surface area contributed by atoms with Crippen molar-refractivity contribution < 1.29 is 19.1 Å². The Balaban J connectivity index is 2.47. The molecule has 0 unspecified atom stereocenters. The van der Waals surface area contributed by atoms with Crippen molar-refractivity contribution in [3.05, 3.63) is 32.0 Å². The monoisotopic (exact) mass is 479 g/mol. The lowest BCUT2D eigenvalue weighted by Gasteiger charge is -2.20. The van der Waals surface area contributed by atoms with Crippen LogP contribution in [0.25, 0.3) is 0 Å². The zero-order valence-corrected chi connectivity index (χ0v) is 18.2. The lowest BCUT2D eigenvalue weighted by atomic mass is 10.1. The molecule has 0 saturated carbocycles. The molecule has 0 bridgehead atoms. The highest BCUT2D eigenvalue weighted by molar-refractivity contribution is 9.10. The predicted octanol–water partition coefficient (Wildman–Crippen LogP) is 4.99. The van der Waals surface area contributed by atoms with Crippen molar-refractivity contribution >= 4 is 71.8 Å². The van der Waals surface area contributed by atoms with Gasteiger partial charge in [0.1, 0.15) is 5.60 Å². The minimum absolute atomic E-state index is 0.129. The van der Waals surface area contributed by atoms with Crippen LogP contribution in [0.2, 0.25) is 5.15 Å². The van der Waals surface area contributed by atoms with E-state index in [9.17, 15) is 9.59 Å². The number of nitrogens with one attached hydrogen (secondary N) is 1. The van der Waals surface area contributed by atoms with E-state index in [1.165, 1.54) is 34.1 Å². The van der Waals surface area contributed by atoms with Crippen LogP contribution in [0, 0.1) is 0 Å². The molecule has 0 spiro atoms. The molecule has 1 aromatic carbocycles. The Kier molecular flexibility index (Phi) is 6.78. The molecule has 0 fully saturated rings. The third-order valence-electron chi connectivity index (χ3n) is 2.76. The normalized spacial score (nSPS) is 12.0. The van der Waals surface area contributed by atoms with Gasteiger partial charge < -0.3 is 9.47 Å². The number of benzene rings is 1. The third kappa shape index (κ3) is 5.50. The van der Waals surface area contributed by atoms with Crippen LogP contribution in [0.15, 0.2) is 21.6 Å². The van der Waals surface area contributed by atoms with E-state index in [4.69, 9.17) is 21.1 Å². The van der Waals surface area contributed by atoms with Gasteiger partial charge >= 0.3 is 12.1 Å². The maximum Gasteiger partial charge on any atom is 0.412 e. The largest absolute Gasteiger partial charge is 0.465 e. The van der Waals surface area contributed by atoms with Crippen LogP contribution in [-0.2, 0) is 9.47 Å². The van der Waals surface area contributed by atoms with Crippen LogP contribution < -0.4 is 9.99 Å². The van der Waals surface area contributed by atoms with Crippen molar-refractivity contribution in [2.75, 3.05) is 12.4 Å². The van der Waals surface area contributed by atoms with Gasteiger partial charge in [0.25, 0.3) is 0 Å². The molecule has 2 rings (SSSR count). The summed E-state index contributed by atoms with van der Waals surface area (Å²) in [5, 5.41) is 2.83. The van der Waals surface area contributed by atoms with Crippen molar-refractivity contribution in [1.29, 1.82) is 0 Å². The van der Waals surface area contributed by atoms with Crippen LogP contribution >= 0.6 is 48.4 Å². The third-order valence-corrected chi connectivity index (χ3v) is 5.57. The number of hydrogen-bond donors (Lipinski definition) is 1. The first-order chi connectivity index (χ1) is 12.1. The summed E-state index contributed by atoms with van der Waals surface area (Å²) < 4.78 is 15.0. The number of hydrogen-bond acceptors (Lipinski definition) is 8. The molecule has 0 radical (unpaired) electrons. The number of aromatic nitrogens is 1. The Labute approximate surface area is 170 Å². The van der Waals surface area contributed by atoms with Gasteiger partial charge in [0.05, 0.1) is 24.0 Å². The lowest BCUT2D eigenvalue weighted by molar-refractivity contribution is 0.0602. The average molecular weight is 481 g/mol. The number of esters is 1. The summed E-state index contributed by atoms with van der Waals surface area (Å²) in [6.07, 6.45) is -0.688. The molecule has 0 aliphatic heterocycles. The topological polar surface area (TPSA) is 89.9 Å². The van der Waals surface area contributed by atoms with E-state index in [2.05, 4.69) is 30.6 Å². The standard InChI is InChI=1S/C15H15BrClN3O4S2/c1-15(2,3)24-14(22)19-9-6-8(16)10(5-7(9)13(21)23-4)18-12-11(17)20-26-25-12/h5-6H,1-4H3,(H,19,22). The quantitative estimate of drug-likeness (QED) is 0.494. The van der Waals surface area contributed by atoms with Crippen molar-refractivity contribution in [3.8, 4) is 0 Å². The molecule has 1 amide bonds. The number of carbonyl (C=O) groups is 2. The first kappa shape index (κ1) is 20.8. The van der Waals surface area contributed by atoms with Crippen LogP contribution in [0.4, 0.5) is 16.2 Å². The zero-order valence-electron chi connectivity index (χ0n) is 14.3. The number of nitrogens with zero attached hydrogens (tertiary/aromatic N) is 2. The lowest BCUT2D eigenvalue weighted by Crippen LogP contribution is -2.27. The fraction of sp³-hybridized carbons (Fsp3) is 0.333. The molecule has 0 atom stereocenters. The van der Waals surface area contributed by atoms with Gasteiger partial charge in [-0.2, -0.15) is 4.37 Å². The average Bonchev–Trinajstić information content (AvgIpc) is 2.92. The summed E-state index contributed by atoms with van der Waals surface area (Å²) in [5.74, 6) is -0.627. The van der Waals surface area contributed by atoms with Crippen LogP contribution in [0.5, 0.6) is 0 Å². The second-order valence-corrected chi connectivity index (χ2v) is 8.97. The Morgan fingerprint density at radius 1 is 1.35 bits per heavy atom. The maximum absolute atomic E-state index is 12.1. The number of anilines is 1. The summed E-state index contributed by atoms with van der Waals surface area (Å²) in [6, 6.07) is 3.04. The van der Waals surface area contributed by atoms with Crippen LogP contribution in [-0.4, -0.2) is 29.1 Å². The fourth-order valence-electron chi connectivity index (χ4n) is 1.78. The van der Waals surface area contributed by atoms with Crippen LogP contribution in [0.1, 0.15) is 31.1 Å². The second kappa shape index (κ2) is 8.47. The van der Waals surface area contributed by atoms with E-state index >= 15 is 0 Å². The summed E-state index contributed by atoms with van der Waals surface area (Å²) in [5.41, 5.74) is 0.129. The van der Waals surface area contributed by atoms with Crippen molar-refractivity contribution in [2.45, 2.75) is 26.4 Å². The summed E-state index contributed by atoms with van der Waals surface area (Å²) >= 11 is 9.35. The Bertz CT molecular complexity index is 905. The number of carbonyl (C=O) groups excluding carboxylic acids is 2. The van der Waals surface area contributed by atoms with E-state index in [1.807, 2.05) is 0 Å². The molecule has 2 aromatic rings. The Morgan fingerprint density at radius 3 is 2.58 bits per heavy atom. The Hall–Kier alpha value is -1.49. The first-order valence-electron chi connectivity index (χ1n) is 7.19. The molecule has 1 aromatic heterocycles. The maximum atomic E-state index is 12.1. The highest BCUT2D eigenvalue weighted by Gasteiger charge is 2.21. The number of amides is 1. The molecular formula is C15H15BrClN3O4S2. The van der Waals surface area contributed by atoms with E-state index in [1.54, 1.807) is 26.8 Å². The molecule has 1 heterocycles. The summed E-state index contributed by atoms with van der Waals surface area (Å²) in [4.78, 5) is 28.6. The molecule has 11 heteroatoms. The number of rotatable bonds is 3. The molecular weight excluding hydrogens is 466 g/mol. The minimum atomic E-state index is -0.688. The van der Waals surface area contributed by atoms with Gasteiger partial charge in [-0.1, -0.05) is 11.6 Å². The SMILES string of the molecule is COC(=O)c1cc(N=c2ssnc2Cl)c(Br)cc1NC(=O)OC(C)(C)C. The number of methoxy groups -OCH3 is 1. The molecule has 0 saturated heterocycles. The van der Waals surface area contributed by atoms with Gasteiger partial charge in [-0.15, -0.1) is 0 Å². The van der Waals surface area contributed by atoms with E-state index < -0.39 is 17.7 Å². The molecule has 26 heavy (non-hydrogen) atoms. The van der Waals surface area contributed by atoms with Gasteiger partial charge in [0.15, 0.2) is 9.82 Å². The van der Waals surface area contributed by atoms with E-state index in [0.29, 0.717) is 14.8 Å². The second-order valence-electron chi connectivity index (χ2n) is 5.92. The van der Waals surface area contributed by atoms with Gasteiger partial charge in [-0.3, -0.25) is 5.32 Å². The summed E-state index contributed by atoms with van der Waals surface area (Å²) in [6.45, 7) is 5.22. The number of halogens is 2. The number of ether oxygens (including phenoxy) is 2. The predicted molar refractivity (Wildman–Crippen MR) is 106 cm³/mol. The van der Waals surface area contributed by atoms with E-state index in [0.717, 1.165) is 0 Å². The fourth-order valence-corrected chi connectivity index (χ4v) is 4.19. The molecule has 7 nitrogen and oxygen atoms in total. The highest BCUT2D eigenvalue weighted by Crippen LogP contribution is 2.32. The van der Waals surface area contributed by atoms with Crippen molar-refractivity contribution in [2.24, 2.45) is 4.99 Å². The van der Waals surface area contributed by atoms with Crippen molar-refractivity contribution in [3.63, 3.8) is 0 Å². The van der Waals surface area contributed by atoms with Gasteiger partial charge in [0, 0.05) is 15.0 Å². The molecule has 0 aliphatic carbocycles. The zero-order chi connectivity index (χ0) is 19.5. The van der Waals surface area contributed by atoms with E-state index in [-0.39, 0.29) is 16.4 Å².